The molecule has 4 aromatic carbocycles. The van der Waals surface area contributed by atoms with Crippen LogP contribution in [-0.2, 0) is 9.57 Å². The predicted octanol–water partition coefficient (Wildman–Crippen LogP) is 9.71. The van der Waals surface area contributed by atoms with Crippen LogP contribution in [0.2, 0.25) is 0 Å². The van der Waals surface area contributed by atoms with Crippen LogP contribution in [0.25, 0.3) is 10.8 Å². The van der Waals surface area contributed by atoms with Gasteiger partial charge in [-0.05, 0) is 103 Å². The van der Waals surface area contributed by atoms with Gasteiger partial charge < -0.3 is 34.0 Å². The van der Waals surface area contributed by atoms with Gasteiger partial charge in [0, 0.05) is 49.8 Å². The molecule has 0 unspecified atom stereocenters. The largest absolute Gasteiger partial charge is 0.459 e. The van der Waals surface area contributed by atoms with Crippen LogP contribution in [-0.4, -0.2) is 77.1 Å². The molecule has 0 spiro atoms. The summed E-state index contributed by atoms with van der Waals surface area (Å²) in [5.41, 5.74) is 2.37. The van der Waals surface area contributed by atoms with Crippen LogP contribution < -0.4 is 14.2 Å². The zero-order valence-corrected chi connectivity index (χ0v) is 34.8. The Morgan fingerprint density at radius 2 is 1.67 bits per heavy atom. The van der Waals surface area contributed by atoms with Crippen molar-refractivity contribution in [3.05, 3.63) is 125 Å². The number of unbranched alkanes of at least 4 members (excludes halogenated alkanes) is 2. The minimum absolute atomic E-state index is 0.0264. The second kappa shape index (κ2) is 19.7. The van der Waals surface area contributed by atoms with Crippen molar-refractivity contribution < 1.29 is 43.7 Å². The van der Waals surface area contributed by atoms with Gasteiger partial charge in [-0.15, -0.1) is 6.58 Å². The number of hydrogen-bond donors (Lipinski definition) is 2. The Morgan fingerprint density at radius 1 is 0.967 bits per heavy atom. The molecular weight excluding hydrogens is 779 g/mol. The fourth-order valence-electron chi connectivity index (χ4n) is 9.60. The van der Waals surface area contributed by atoms with Crippen molar-refractivity contribution in [2.75, 3.05) is 33.5 Å². The molecule has 13 nitrogen and oxygen atoms in total. The maximum Gasteiger partial charge on any atom is 0.415 e. The highest BCUT2D eigenvalue weighted by Crippen LogP contribution is 2.62. The molecule has 1 amide bonds. The van der Waals surface area contributed by atoms with Gasteiger partial charge >= 0.3 is 6.09 Å². The van der Waals surface area contributed by atoms with Crippen LogP contribution in [0.15, 0.2) is 114 Å². The number of carbonyl (C=O) groups is 1. The van der Waals surface area contributed by atoms with Gasteiger partial charge in [-0.25, -0.2) is 4.79 Å². The van der Waals surface area contributed by atoms with E-state index in [1.807, 2.05) is 49.4 Å². The molecule has 1 saturated carbocycles. The summed E-state index contributed by atoms with van der Waals surface area (Å²) >= 11 is 0. The molecule has 3 aliphatic rings. The Labute approximate surface area is 356 Å². The third-order valence-electron chi connectivity index (χ3n) is 12.1. The van der Waals surface area contributed by atoms with Gasteiger partial charge in [-0.2, -0.15) is 0 Å². The van der Waals surface area contributed by atoms with Crippen molar-refractivity contribution in [2.45, 2.75) is 76.0 Å². The van der Waals surface area contributed by atoms with Crippen LogP contribution in [0.1, 0.15) is 69.8 Å². The summed E-state index contributed by atoms with van der Waals surface area (Å²) in [5, 5.41) is 38.0. The molecule has 0 aromatic heterocycles. The average Bonchev–Trinajstić information content (AvgIpc) is 3.26. The van der Waals surface area contributed by atoms with Crippen LogP contribution in [0.4, 0.5) is 10.5 Å². The highest BCUT2D eigenvalue weighted by molar-refractivity contribution is 6.03. The molecule has 2 aliphatic carbocycles. The van der Waals surface area contributed by atoms with Gasteiger partial charge in [0.25, 0.3) is 5.69 Å². The third kappa shape index (κ3) is 9.14. The number of nitrogens with zero attached hydrogens (tertiary/aromatic N) is 3. The van der Waals surface area contributed by atoms with Gasteiger partial charge in [0.2, 0.25) is 5.79 Å². The molecule has 0 radical (unpaired) electrons. The number of benzene rings is 4. The van der Waals surface area contributed by atoms with Crippen molar-refractivity contribution in [3.63, 3.8) is 0 Å². The molecule has 2 N–H and O–H groups in total. The highest BCUT2D eigenvalue weighted by atomic mass is 16.7. The number of hydrogen-bond acceptors (Lipinski definition) is 11. The lowest BCUT2D eigenvalue weighted by atomic mass is 9.55. The Hall–Kier alpha value is -5.76. The van der Waals surface area contributed by atoms with E-state index in [1.54, 1.807) is 11.0 Å². The van der Waals surface area contributed by atoms with Gasteiger partial charge in [0.1, 0.15) is 36.1 Å². The van der Waals surface area contributed by atoms with E-state index in [0.717, 1.165) is 47.6 Å². The number of ether oxygens (including phenoxy) is 4. The molecule has 4 aromatic rings. The van der Waals surface area contributed by atoms with E-state index in [2.05, 4.69) is 36.0 Å². The average molecular weight is 834 g/mol. The van der Waals surface area contributed by atoms with Crippen LogP contribution in [0, 0.1) is 27.9 Å². The first-order chi connectivity index (χ1) is 29.7. The van der Waals surface area contributed by atoms with Gasteiger partial charge in [0.05, 0.1) is 23.2 Å². The normalized spacial score (nSPS) is 23.2. The number of fused-ring (bicyclic) bond motifs is 3. The van der Waals surface area contributed by atoms with E-state index < -0.39 is 28.8 Å². The molecular formula is C48H55N3O10. The quantitative estimate of drug-likeness (QED) is 0.0403. The summed E-state index contributed by atoms with van der Waals surface area (Å²) in [7, 11) is 1.51. The molecule has 322 valence electrons. The third-order valence-corrected chi connectivity index (χ3v) is 12.1. The van der Waals surface area contributed by atoms with Crippen LogP contribution >= 0.6 is 0 Å². The van der Waals surface area contributed by atoms with E-state index in [4.69, 9.17) is 23.8 Å². The minimum Gasteiger partial charge on any atom is -0.459 e. The summed E-state index contributed by atoms with van der Waals surface area (Å²) in [6, 6.07) is 24.6. The van der Waals surface area contributed by atoms with Crippen molar-refractivity contribution in [2.24, 2.45) is 22.9 Å². The number of non-ortho nitro benzene ring substituents is 1. The summed E-state index contributed by atoms with van der Waals surface area (Å²) in [4.78, 5) is 32.5. The zero-order chi connectivity index (χ0) is 42.9. The Balaban J connectivity index is 1.39. The fourth-order valence-corrected chi connectivity index (χ4v) is 9.60. The summed E-state index contributed by atoms with van der Waals surface area (Å²) in [5.74, 6) is -0.0650. The van der Waals surface area contributed by atoms with E-state index in [0.29, 0.717) is 42.2 Å². The molecule has 1 aliphatic heterocycles. The number of amides is 1. The van der Waals surface area contributed by atoms with Crippen molar-refractivity contribution in [3.8, 4) is 23.0 Å². The topological polar surface area (TPSA) is 162 Å². The maximum absolute atomic E-state index is 14.5. The number of oxime groups is 1. The minimum atomic E-state index is -1.47. The predicted molar refractivity (Wildman–Crippen MR) is 232 cm³/mol. The zero-order valence-electron chi connectivity index (χ0n) is 34.8. The molecule has 7 rings (SSSR count). The van der Waals surface area contributed by atoms with Crippen molar-refractivity contribution in [1.29, 1.82) is 0 Å². The molecule has 13 heteroatoms. The second-order valence-corrected chi connectivity index (χ2v) is 15.9. The van der Waals surface area contributed by atoms with Crippen molar-refractivity contribution >= 4 is 28.3 Å². The van der Waals surface area contributed by atoms with Gasteiger partial charge in [0.15, 0.2) is 0 Å². The molecule has 61 heavy (non-hydrogen) atoms. The van der Waals surface area contributed by atoms with Crippen LogP contribution in [0.3, 0.4) is 0 Å². The Morgan fingerprint density at radius 3 is 2.38 bits per heavy atom. The molecule has 0 saturated heterocycles. The number of carbonyl (C=O) groups excluding carboxylic acids is 1. The molecule has 1 heterocycles. The standard InChI is InChI=1S/C48H55N3O10/c1-4-24-50(47(54)60-36-20-17-35(18-21-36)51(55)56)44-31-42(49-57-3)40-29-34(14-8-10-25-52)39(15-9-11-26-53)45-41-30-38(59-37-19-16-32-12-6-7-13-33(32)28-37)22-23-43(41)61-48(44,46(40)45)58-27-5-2/h5-7,12-13,16-23,28-30,34,39,44-46,52-53H,2,4,8-11,14-15,24-27,31H2,1,3H3/t34-,39+,44-,45+,46+,48+/m0/s1. The molecule has 6 atom stereocenters. The van der Waals surface area contributed by atoms with Gasteiger partial charge in [-0.1, -0.05) is 67.4 Å². The summed E-state index contributed by atoms with van der Waals surface area (Å²) in [6.45, 7) is 6.50. The van der Waals surface area contributed by atoms with E-state index in [9.17, 15) is 25.1 Å². The van der Waals surface area contributed by atoms with E-state index in [1.165, 1.54) is 31.4 Å². The number of rotatable bonds is 19. The Kier molecular flexibility index (Phi) is 14.0. The first kappa shape index (κ1) is 43.3. The van der Waals surface area contributed by atoms with E-state index in [-0.39, 0.29) is 62.0 Å². The number of nitro benzene ring substituents is 1. The highest BCUT2D eigenvalue weighted by Gasteiger charge is 2.65. The van der Waals surface area contributed by atoms with Gasteiger partial charge in [-0.3, -0.25) is 15.0 Å². The number of aliphatic hydroxyl groups excluding tert-OH is 2. The lowest BCUT2D eigenvalue weighted by Crippen LogP contribution is -2.70. The maximum atomic E-state index is 14.5. The summed E-state index contributed by atoms with van der Waals surface area (Å²) < 4.78 is 26.8. The first-order valence-electron chi connectivity index (χ1n) is 21.3. The number of aliphatic hydroxyl groups is 2. The monoisotopic (exact) mass is 833 g/mol. The molecule has 0 bridgehead atoms. The fraction of sp³-hybridized carbons (Fsp3) is 0.417. The lowest BCUT2D eigenvalue weighted by Gasteiger charge is -2.59. The molecule has 1 fully saturated rings. The second-order valence-electron chi connectivity index (χ2n) is 15.9. The van der Waals surface area contributed by atoms with E-state index >= 15 is 0 Å². The number of allylic oxidation sites excluding steroid dienone is 1. The smallest absolute Gasteiger partial charge is 0.415 e. The van der Waals surface area contributed by atoms with Crippen LogP contribution in [0.5, 0.6) is 23.0 Å². The van der Waals surface area contributed by atoms with Crippen molar-refractivity contribution in [1.82, 2.24) is 4.90 Å². The lowest BCUT2D eigenvalue weighted by molar-refractivity contribution is -0.384. The number of nitro groups is 1. The SMILES string of the molecule is C=CCO[C@@]12Oc3ccc(Oc4ccc5ccccc5c4)cc3[C@H]3[C@H](CCCCO)[C@@H](CCCCO)C=C(C(=NOC)C[C@@H]1N(CCC)C(=O)Oc1ccc([N+](=O)[O-])cc1)[C@H]32. The summed E-state index contributed by atoms with van der Waals surface area (Å²) in [6.07, 6.45) is 8.53. The Bertz CT molecular complexity index is 2240. The first-order valence-corrected chi connectivity index (χ1v) is 21.3.